The highest BCUT2D eigenvalue weighted by Gasteiger charge is 2.26. The van der Waals surface area contributed by atoms with Gasteiger partial charge in [0, 0.05) is 13.0 Å². The highest BCUT2D eigenvalue weighted by molar-refractivity contribution is 7.89. The fourth-order valence-corrected chi connectivity index (χ4v) is 3.33. The Morgan fingerprint density at radius 2 is 1.96 bits per heavy atom. The summed E-state index contributed by atoms with van der Waals surface area (Å²) < 4.78 is 31.1. The fourth-order valence-electron chi connectivity index (χ4n) is 2.60. The SMILES string of the molecule is CNS(=O)(=O)c1ccc(CCC(=O)N2CC(C)OCC2C)cc1. The third-order valence-corrected chi connectivity index (χ3v) is 5.49. The molecule has 0 saturated carbocycles. The van der Waals surface area contributed by atoms with Gasteiger partial charge >= 0.3 is 0 Å². The zero-order valence-corrected chi connectivity index (χ0v) is 14.6. The van der Waals surface area contributed by atoms with Crippen LogP contribution in [0.2, 0.25) is 0 Å². The van der Waals surface area contributed by atoms with Gasteiger partial charge in [0.25, 0.3) is 0 Å². The van der Waals surface area contributed by atoms with Crippen LogP contribution in [0.15, 0.2) is 29.2 Å². The molecule has 2 atom stereocenters. The molecule has 1 N–H and O–H groups in total. The Bertz CT molecular complexity index is 643. The molecule has 0 radical (unpaired) electrons. The van der Waals surface area contributed by atoms with E-state index in [0.29, 0.717) is 26.0 Å². The van der Waals surface area contributed by atoms with Crippen LogP contribution in [-0.2, 0) is 26.0 Å². The largest absolute Gasteiger partial charge is 0.375 e. The summed E-state index contributed by atoms with van der Waals surface area (Å²) in [4.78, 5) is 14.5. The van der Waals surface area contributed by atoms with Gasteiger partial charge in [-0.15, -0.1) is 0 Å². The second-order valence-electron chi connectivity index (χ2n) is 5.89. The number of hydrogen-bond donors (Lipinski definition) is 1. The zero-order chi connectivity index (χ0) is 17.0. The van der Waals surface area contributed by atoms with Crippen LogP contribution in [-0.4, -0.2) is 51.6 Å². The first-order valence-corrected chi connectivity index (χ1v) is 9.25. The number of amides is 1. The summed E-state index contributed by atoms with van der Waals surface area (Å²) in [6.07, 6.45) is 1.08. The molecule has 0 aromatic heterocycles. The van der Waals surface area contributed by atoms with E-state index in [1.54, 1.807) is 24.3 Å². The zero-order valence-electron chi connectivity index (χ0n) is 13.8. The summed E-state index contributed by atoms with van der Waals surface area (Å²) in [6, 6.07) is 6.73. The number of rotatable bonds is 5. The van der Waals surface area contributed by atoms with Gasteiger partial charge in [-0.05, 0) is 45.0 Å². The number of carbonyl (C=O) groups excluding carboxylic acids is 1. The van der Waals surface area contributed by atoms with E-state index in [2.05, 4.69) is 4.72 Å². The third kappa shape index (κ3) is 4.53. The van der Waals surface area contributed by atoms with Crippen molar-refractivity contribution in [3.05, 3.63) is 29.8 Å². The number of nitrogens with one attached hydrogen (secondary N) is 1. The van der Waals surface area contributed by atoms with Crippen LogP contribution in [0.5, 0.6) is 0 Å². The molecule has 1 fully saturated rings. The van der Waals surface area contributed by atoms with Gasteiger partial charge in [-0.1, -0.05) is 12.1 Å². The summed E-state index contributed by atoms with van der Waals surface area (Å²) in [6.45, 7) is 5.15. The van der Waals surface area contributed by atoms with Crippen molar-refractivity contribution in [2.24, 2.45) is 0 Å². The fraction of sp³-hybridized carbons (Fsp3) is 0.562. The van der Waals surface area contributed by atoms with E-state index >= 15 is 0 Å². The Morgan fingerprint density at radius 3 is 2.57 bits per heavy atom. The van der Waals surface area contributed by atoms with Gasteiger partial charge in [0.15, 0.2) is 0 Å². The van der Waals surface area contributed by atoms with Gasteiger partial charge in [0.2, 0.25) is 15.9 Å². The lowest BCUT2D eigenvalue weighted by atomic mass is 10.1. The van der Waals surface area contributed by atoms with E-state index in [4.69, 9.17) is 4.74 Å². The van der Waals surface area contributed by atoms with Crippen LogP contribution in [0.25, 0.3) is 0 Å². The Hall–Kier alpha value is -1.44. The van der Waals surface area contributed by atoms with E-state index in [0.717, 1.165) is 5.56 Å². The minimum atomic E-state index is -3.42. The second-order valence-corrected chi connectivity index (χ2v) is 7.78. The molecule has 2 rings (SSSR count). The topological polar surface area (TPSA) is 75.7 Å². The molecule has 0 spiro atoms. The number of nitrogens with zero attached hydrogens (tertiary/aromatic N) is 1. The van der Waals surface area contributed by atoms with Gasteiger partial charge in [-0.2, -0.15) is 0 Å². The van der Waals surface area contributed by atoms with Crippen molar-refractivity contribution in [3.63, 3.8) is 0 Å². The number of ether oxygens (including phenoxy) is 1. The lowest BCUT2D eigenvalue weighted by molar-refractivity contribution is -0.143. The van der Waals surface area contributed by atoms with Crippen LogP contribution in [0.3, 0.4) is 0 Å². The number of sulfonamides is 1. The van der Waals surface area contributed by atoms with Gasteiger partial charge in [0.05, 0.1) is 23.6 Å². The first kappa shape index (κ1) is 17.9. The molecule has 1 heterocycles. The molecule has 0 bridgehead atoms. The highest BCUT2D eigenvalue weighted by atomic mass is 32.2. The monoisotopic (exact) mass is 340 g/mol. The van der Waals surface area contributed by atoms with Gasteiger partial charge in [-0.3, -0.25) is 4.79 Å². The molecule has 2 unspecified atom stereocenters. The smallest absolute Gasteiger partial charge is 0.240 e. The number of carbonyl (C=O) groups is 1. The van der Waals surface area contributed by atoms with Crippen molar-refractivity contribution in [1.82, 2.24) is 9.62 Å². The molecule has 1 aliphatic rings. The summed E-state index contributed by atoms with van der Waals surface area (Å²) in [7, 11) is -2.03. The molecule has 1 aliphatic heterocycles. The Kier molecular flexibility index (Phi) is 5.78. The maximum atomic E-state index is 12.4. The first-order valence-electron chi connectivity index (χ1n) is 7.77. The van der Waals surface area contributed by atoms with Gasteiger partial charge < -0.3 is 9.64 Å². The number of hydrogen-bond acceptors (Lipinski definition) is 4. The van der Waals surface area contributed by atoms with Crippen LogP contribution in [0, 0.1) is 0 Å². The minimum absolute atomic E-state index is 0.0705. The molecule has 23 heavy (non-hydrogen) atoms. The predicted molar refractivity (Wildman–Crippen MR) is 87.6 cm³/mol. The Labute approximate surface area is 137 Å². The van der Waals surface area contributed by atoms with Crippen LogP contribution < -0.4 is 4.72 Å². The van der Waals surface area contributed by atoms with Crippen LogP contribution >= 0.6 is 0 Å². The van der Waals surface area contributed by atoms with Crippen LogP contribution in [0.1, 0.15) is 25.8 Å². The highest BCUT2D eigenvalue weighted by Crippen LogP contribution is 2.15. The van der Waals surface area contributed by atoms with Crippen LogP contribution in [0.4, 0.5) is 0 Å². The Morgan fingerprint density at radius 1 is 1.30 bits per heavy atom. The molecular formula is C16H24N2O4S. The lowest BCUT2D eigenvalue weighted by Crippen LogP contribution is -2.50. The molecule has 1 aromatic carbocycles. The summed E-state index contributed by atoms with van der Waals surface area (Å²) >= 11 is 0. The molecule has 128 valence electrons. The minimum Gasteiger partial charge on any atom is -0.375 e. The molecule has 1 amide bonds. The average Bonchev–Trinajstić information content (AvgIpc) is 2.55. The molecule has 1 aromatic rings. The normalized spacial score (nSPS) is 22.1. The second kappa shape index (κ2) is 7.42. The average molecular weight is 340 g/mol. The molecule has 0 aliphatic carbocycles. The summed E-state index contributed by atoms with van der Waals surface area (Å²) in [5.41, 5.74) is 0.947. The molecule has 6 nitrogen and oxygen atoms in total. The summed E-state index contributed by atoms with van der Waals surface area (Å²) in [5.74, 6) is 0.111. The van der Waals surface area contributed by atoms with Gasteiger partial charge in [0.1, 0.15) is 0 Å². The number of benzene rings is 1. The van der Waals surface area contributed by atoms with Crippen molar-refractivity contribution in [1.29, 1.82) is 0 Å². The van der Waals surface area contributed by atoms with Crippen molar-refractivity contribution in [2.45, 2.75) is 43.7 Å². The Balaban J connectivity index is 1.94. The predicted octanol–water partition coefficient (Wildman–Crippen LogP) is 1.16. The van der Waals surface area contributed by atoms with E-state index in [9.17, 15) is 13.2 Å². The van der Waals surface area contributed by atoms with E-state index < -0.39 is 10.0 Å². The third-order valence-electron chi connectivity index (χ3n) is 4.06. The van der Waals surface area contributed by atoms with Crippen molar-refractivity contribution in [3.8, 4) is 0 Å². The van der Waals surface area contributed by atoms with Crippen molar-refractivity contribution < 1.29 is 17.9 Å². The standard InChI is InChI=1S/C16H24N2O4S/c1-12-11-22-13(2)10-18(12)16(19)9-6-14-4-7-15(8-5-14)23(20,21)17-3/h4-5,7-8,12-13,17H,6,9-11H2,1-3H3. The van der Waals surface area contributed by atoms with Crippen molar-refractivity contribution >= 4 is 15.9 Å². The van der Waals surface area contributed by atoms with E-state index in [1.807, 2.05) is 18.7 Å². The lowest BCUT2D eigenvalue weighted by Gasteiger charge is -2.37. The van der Waals surface area contributed by atoms with Crippen molar-refractivity contribution in [2.75, 3.05) is 20.2 Å². The summed E-state index contributed by atoms with van der Waals surface area (Å²) in [5, 5.41) is 0. The van der Waals surface area contributed by atoms with E-state index in [-0.39, 0.29) is 22.9 Å². The van der Waals surface area contributed by atoms with E-state index in [1.165, 1.54) is 7.05 Å². The molecule has 1 saturated heterocycles. The number of aryl methyl sites for hydroxylation is 1. The first-order chi connectivity index (χ1) is 10.8. The van der Waals surface area contributed by atoms with Gasteiger partial charge in [-0.25, -0.2) is 13.1 Å². The molecule has 7 heteroatoms. The quantitative estimate of drug-likeness (QED) is 0.873. The maximum absolute atomic E-state index is 12.4. The number of morpholine rings is 1. The molecular weight excluding hydrogens is 316 g/mol. The maximum Gasteiger partial charge on any atom is 0.240 e.